The van der Waals surface area contributed by atoms with Crippen molar-refractivity contribution in [2.45, 2.75) is 70.8 Å². The number of amides is 1. The van der Waals surface area contributed by atoms with Gasteiger partial charge in [-0.3, -0.25) is 4.79 Å². The smallest absolute Gasteiger partial charge is 0.230 e. The molecule has 4 N–H and O–H groups in total. The van der Waals surface area contributed by atoms with Gasteiger partial charge in [0.25, 0.3) is 0 Å². The van der Waals surface area contributed by atoms with E-state index in [-0.39, 0.29) is 23.8 Å². The van der Waals surface area contributed by atoms with Crippen molar-refractivity contribution in [1.82, 2.24) is 5.32 Å². The first-order valence-electron chi connectivity index (χ1n) is 12.0. The largest absolute Gasteiger partial charge is 0.388 e. The summed E-state index contributed by atoms with van der Waals surface area (Å²) in [5, 5.41) is 37.0. The van der Waals surface area contributed by atoms with E-state index in [9.17, 15) is 20.1 Å². The van der Waals surface area contributed by atoms with Crippen LogP contribution in [0.5, 0.6) is 0 Å². The van der Waals surface area contributed by atoms with Gasteiger partial charge in [-0.05, 0) is 57.1 Å². The third-order valence-corrected chi connectivity index (χ3v) is 8.12. The highest BCUT2D eigenvalue weighted by Gasteiger charge is 2.65. The molecule has 4 rings (SSSR count). The molecular weight excluding hydrogens is 414 g/mol. The van der Waals surface area contributed by atoms with E-state index in [2.05, 4.69) is 12.2 Å². The van der Waals surface area contributed by atoms with E-state index in [0.29, 0.717) is 12.8 Å². The van der Waals surface area contributed by atoms with E-state index in [1.165, 1.54) is 0 Å². The van der Waals surface area contributed by atoms with Crippen LogP contribution >= 0.6 is 0 Å². The molecule has 0 bridgehead atoms. The van der Waals surface area contributed by atoms with Gasteiger partial charge in [0.1, 0.15) is 0 Å². The van der Waals surface area contributed by atoms with Crippen molar-refractivity contribution in [2.24, 2.45) is 23.2 Å². The first kappa shape index (κ1) is 23.9. The van der Waals surface area contributed by atoms with Crippen molar-refractivity contribution >= 4 is 5.91 Å². The molecule has 0 unspecified atom stereocenters. The quantitative estimate of drug-likeness (QED) is 0.520. The second kappa shape index (κ2) is 8.86. The van der Waals surface area contributed by atoms with Gasteiger partial charge < -0.3 is 20.6 Å². The third kappa shape index (κ3) is 4.11. The molecule has 178 valence electrons. The standard InChI is InChI=1S/C28H37NO4/c1-17-9-8-12-21-25(31)19(3)18(2)24-22(15-20-10-6-5-7-11-20)29-26(32)28(21,24)23(30)13-14-27(4,33)16-17/h5-8,10-14,17,21-25,30-31,33H,9,15-16H2,1-4H3,(H,29,32)/b12-8-,14-13-/t17-,21-,22-,23+,24-,25+,27-,28+/m0/s1. The first-order chi connectivity index (χ1) is 15.6. The van der Waals surface area contributed by atoms with Crippen molar-refractivity contribution in [1.29, 1.82) is 0 Å². The van der Waals surface area contributed by atoms with Crippen molar-refractivity contribution in [3.05, 3.63) is 71.3 Å². The minimum atomic E-state index is -1.25. The number of rotatable bonds is 2. The number of benzene rings is 1. The van der Waals surface area contributed by atoms with Crippen molar-refractivity contribution < 1.29 is 20.1 Å². The van der Waals surface area contributed by atoms with E-state index in [4.69, 9.17) is 0 Å². The molecule has 1 heterocycles. The summed E-state index contributed by atoms with van der Waals surface area (Å²) in [7, 11) is 0. The molecule has 1 fully saturated rings. The predicted octanol–water partition coefficient (Wildman–Crippen LogP) is 3.31. The molecule has 5 heteroatoms. The Balaban J connectivity index is 1.87. The van der Waals surface area contributed by atoms with Gasteiger partial charge in [0.15, 0.2) is 0 Å². The number of carbonyl (C=O) groups is 1. The van der Waals surface area contributed by atoms with Crippen LogP contribution in [-0.4, -0.2) is 45.1 Å². The molecular formula is C28H37NO4. The van der Waals surface area contributed by atoms with Crippen LogP contribution in [0.15, 0.2) is 65.8 Å². The third-order valence-electron chi connectivity index (χ3n) is 8.12. The van der Waals surface area contributed by atoms with Crippen LogP contribution in [0.2, 0.25) is 0 Å². The van der Waals surface area contributed by atoms with Crippen LogP contribution in [0.4, 0.5) is 0 Å². The van der Waals surface area contributed by atoms with E-state index in [1.807, 2.05) is 56.3 Å². The maximum absolute atomic E-state index is 13.8. The Morgan fingerprint density at radius 3 is 2.48 bits per heavy atom. The highest BCUT2D eigenvalue weighted by Crippen LogP contribution is 2.56. The van der Waals surface area contributed by atoms with Crippen LogP contribution in [0.1, 0.15) is 46.1 Å². The lowest BCUT2D eigenvalue weighted by molar-refractivity contribution is -0.141. The molecule has 1 spiro atoms. The molecule has 3 aliphatic rings. The van der Waals surface area contributed by atoms with E-state index >= 15 is 0 Å². The molecule has 1 aromatic carbocycles. The van der Waals surface area contributed by atoms with Crippen molar-refractivity contribution in [3.8, 4) is 0 Å². The summed E-state index contributed by atoms with van der Waals surface area (Å²) >= 11 is 0. The molecule has 5 nitrogen and oxygen atoms in total. The van der Waals surface area contributed by atoms with E-state index in [0.717, 1.165) is 23.1 Å². The molecule has 8 atom stereocenters. The molecule has 0 radical (unpaired) electrons. The second-order valence-electron chi connectivity index (χ2n) is 10.7. The Morgan fingerprint density at radius 2 is 1.79 bits per heavy atom. The highest BCUT2D eigenvalue weighted by molar-refractivity contribution is 5.89. The number of carbonyl (C=O) groups excluding carboxylic acids is 1. The van der Waals surface area contributed by atoms with Gasteiger partial charge in [0.2, 0.25) is 5.91 Å². The maximum atomic E-state index is 13.8. The van der Waals surface area contributed by atoms with Crippen molar-refractivity contribution in [3.63, 3.8) is 0 Å². The lowest BCUT2D eigenvalue weighted by Crippen LogP contribution is -2.57. The minimum absolute atomic E-state index is 0.203. The molecule has 1 aromatic rings. The van der Waals surface area contributed by atoms with Crippen LogP contribution in [0.25, 0.3) is 0 Å². The van der Waals surface area contributed by atoms with E-state index < -0.39 is 29.1 Å². The highest BCUT2D eigenvalue weighted by atomic mass is 16.3. The topological polar surface area (TPSA) is 89.8 Å². The molecule has 1 saturated heterocycles. The SMILES string of the molecule is CC1=C(C)[C@H]2[C@H](Cc3ccccc3)NC(=O)[C@]23[C@H](O)/C=C\[C@](C)(O)C[C@@H](C)C/C=C\[C@H]3[C@@H]1O. The van der Waals surface area contributed by atoms with Gasteiger partial charge in [-0.15, -0.1) is 0 Å². The fourth-order valence-electron chi connectivity index (χ4n) is 6.47. The van der Waals surface area contributed by atoms with Gasteiger partial charge in [0, 0.05) is 17.9 Å². The monoisotopic (exact) mass is 451 g/mol. The molecule has 1 aliphatic heterocycles. The van der Waals surface area contributed by atoms with Crippen LogP contribution in [0, 0.1) is 23.2 Å². The summed E-state index contributed by atoms with van der Waals surface area (Å²) in [6.07, 6.45) is 7.05. The number of hydrogen-bond donors (Lipinski definition) is 4. The van der Waals surface area contributed by atoms with Gasteiger partial charge in [0.05, 0.1) is 23.2 Å². The molecule has 33 heavy (non-hydrogen) atoms. The summed E-state index contributed by atoms with van der Waals surface area (Å²) < 4.78 is 0. The lowest BCUT2D eigenvalue weighted by atomic mass is 9.54. The molecule has 0 aromatic heterocycles. The van der Waals surface area contributed by atoms with Crippen LogP contribution in [0.3, 0.4) is 0 Å². The summed E-state index contributed by atoms with van der Waals surface area (Å²) in [5.74, 6) is -0.879. The zero-order valence-corrected chi connectivity index (χ0v) is 20.0. The zero-order valence-electron chi connectivity index (χ0n) is 20.0. The lowest BCUT2D eigenvalue weighted by Gasteiger charge is -2.49. The average Bonchev–Trinajstić information content (AvgIpc) is 3.04. The van der Waals surface area contributed by atoms with Crippen LogP contribution in [-0.2, 0) is 11.2 Å². The number of allylic oxidation sites excluding steroid dienone is 1. The summed E-state index contributed by atoms with van der Waals surface area (Å²) in [6.45, 7) is 7.72. The zero-order chi connectivity index (χ0) is 24.0. The van der Waals surface area contributed by atoms with Gasteiger partial charge in [-0.1, -0.05) is 67.1 Å². The Labute approximate surface area is 196 Å². The van der Waals surface area contributed by atoms with Crippen molar-refractivity contribution in [2.75, 3.05) is 0 Å². The molecule has 2 aliphatic carbocycles. The fraction of sp³-hybridized carbons (Fsp3) is 0.536. The van der Waals surface area contributed by atoms with E-state index in [1.54, 1.807) is 19.1 Å². The molecule has 0 saturated carbocycles. The first-order valence-corrected chi connectivity index (χ1v) is 12.0. The Bertz CT molecular complexity index is 979. The fourth-order valence-corrected chi connectivity index (χ4v) is 6.47. The summed E-state index contributed by atoms with van der Waals surface area (Å²) in [4.78, 5) is 13.8. The Kier molecular flexibility index (Phi) is 6.43. The van der Waals surface area contributed by atoms with Gasteiger partial charge in [-0.25, -0.2) is 0 Å². The average molecular weight is 452 g/mol. The Hall–Kier alpha value is -2.21. The second-order valence-corrected chi connectivity index (χ2v) is 10.7. The number of aliphatic hydroxyl groups is 3. The predicted molar refractivity (Wildman–Crippen MR) is 129 cm³/mol. The summed E-state index contributed by atoms with van der Waals surface area (Å²) in [5.41, 5.74) is 0.591. The van der Waals surface area contributed by atoms with Gasteiger partial charge >= 0.3 is 0 Å². The number of nitrogens with one attached hydrogen (secondary N) is 1. The normalized spacial score (nSPS) is 43.2. The number of aliphatic hydroxyl groups excluding tert-OH is 2. The Morgan fingerprint density at radius 1 is 1.09 bits per heavy atom. The number of hydrogen-bond acceptors (Lipinski definition) is 4. The molecule has 1 amide bonds. The van der Waals surface area contributed by atoms with Crippen LogP contribution < -0.4 is 5.32 Å². The summed E-state index contributed by atoms with van der Waals surface area (Å²) in [6, 6.07) is 9.83. The van der Waals surface area contributed by atoms with Gasteiger partial charge in [-0.2, -0.15) is 0 Å². The maximum Gasteiger partial charge on any atom is 0.230 e. The minimum Gasteiger partial charge on any atom is -0.388 e.